The summed E-state index contributed by atoms with van der Waals surface area (Å²) < 4.78 is 5.37. The molecule has 1 N–H and O–H groups in total. The fraction of sp³-hybridized carbons (Fsp3) is 0.292. The van der Waals surface area contributed by atoms with Crippen molar-refractivity contribution in [1.29, 1.82) is 0 Å². The molecule has 0 spiro atoms. The fourth-order valence-electron chi connectivity index (χ4n) is 4.49. The number of amides is 1. The lowest BCUT2D eigenvalue weighted by Gasteiger charge is -2.23. The first-order valence-electron chi connectivity index (χ1n) is 10.5. The van der Waals surface area contributed by atoms with Gasteiger partial charge in [-0.25, -0.2) is 4.98 Å². The quantitative estimate of drug-likeness (QED) is 0.642. The molecule has 7 nitrogen and oxygen atoms in total. The number of hydrogen-bond acceptors (Lipinski definition) is 6. The molecule has 5 rings (SSSR count). The van der Waals surface area contributed by atoms with Gasteiger partial charge in [0.15, 0.2) is 5.01 Å². The van der Waals surface area contributed by atoms with Crippen LogP contribution in [0.4, 0.5) is 5.69 Å². The molecule has 0 unspecified atom stereocenters. The molecule has 0 aliphatic carbocycles. The van der Waals surface area contributed by atoms with E-state index >= 15 is 0 Å². The van der Waals surface area contributed by atoms with E-state index < -0.39 is 5.97 Å². The molecule has 1 aromatic heterocycles. The molecular weight excluding hydrogens is 426 g/mol. The average molecular weight is 450 g/mol. The van der Waals surface area contributed by atoms with Gasteiger partial charge in [0.2, 0.25) is 0 Å². The van der Waals surface area contributed by atoms with Gasteiger partial charge in [-0.15, -0.1) is 11.3 Å². The number of thiazole rings is 1. The zero-order valence-electron chi connectivity index (χ0n) is 17.7. The number of nitrogens with zero attached hydrogens (tertiary/aromatic N) is 3. The number of carboxylic acid groups (broad SMARTS) is 1. The molecule has 0 saturated carbocycles. The second kappa shape index (κ2) is 8.37. The summed E-state index contributed by atoms with van der Waals surface area (Å²) in [6.07, 6.45) is 1.45. The number of carbonyl (C=O) groups excluding carboxylic acids is 1. The van der Waals surface area contributed by atoms with Crippen LogP contribution in [-0.2, 0) is 24.2 Å². The van der Waals surface area contributed by atoms with Gasteiger partial charge < -0.3 is 14.7 Å². The van der Waals surface area contributed by atoms with Crippen molar-refractivity contribution in [2.24, 2.45) is 0 Å². The number of fused-ring (bicyclic) bond motifs is 2. The van der Waals surface area contributed by atoms with Gasteiger partial charge in [0.25, 0.3) is 5.91 Å². The summed E-state index contributed by atoms with van der Waals surface area (Å²) in [5.41, 5.74) is 5.18. The lowest BCUT2D eigenvalue weighted by molar-refractivity contribution is -0.138. The third-order valence-corrected chi connectivity index (χ3v) is 7.08. The van der Waals surface area contributed by atoms with E-state index in [-0.39, 0.29) is 12.5 Å². The summed E-state index contributed by atoms with van der Waals surface area (Å²) >= 11 is 1.39. The van der Waals surface area contributed by atoms with E-state index in [0.717, 1.165) is 45.1 Å². The maximum atomic E-state index is 13.4. The Morgan fingerprint density at radius 2 is 2.00 bits per heavy atom. The van der Waals surface area contributed by atoms with E-state index in [9.17, 15) is 9.59 Å². The standard InChI is InChI=1S/C24H23N3O4S/c1-31-16-5-2-4-15(12-16)17-6-3-7-20-18(17)8-11-27(20)24(30)23-25-19-9-10-26(14-22(28)29)13-21(19)32-23/h2-7,12H,8-11,13-14H2,1H3,(H,28,29). The largest absolute Gasteiger partial charge is 0.497 e. The number of methoxy groups -OCH3 is 1. The first-order chi connectivity index (χ1) is 15.5. The SMILES string of the molecule is COc1cccc(-c2cccc3c2CCN3C(=O)c2nc3c(s2)CN(CC(=O)O)CC3)c1. The normalized spacial score (nSPS) is 15.3. The van der Waals surface area contributed by atoms with Crippen molar-refractivity contribution < 1.29 is 19.4 Å². The minimum absolute atomic E-state index is 0.00711. The Hall–Kier alpha value is -3.23. The maximum Gasteiger partial charge on any atom is 0.317 e. The molecule has 0 bridgehead atoms. The molecule has 0 radical (unpaired) electrons. The molecule has 2 aromatic carbocycles. The van der Waals surface area contributed by atoms with Gasteiger partial charge in [-0.2, -0.15) is 0 Å². The van der Waals surface area contributed by atoms with Crippen LogP contribution >= 0.6 is 11.3 Å². The molecule has 2 aliphatic heterocycles. The molecule has 164 valence electrons. The first kappa shape index (κ1) is 20.7. The van der Waals surface area contributed by atoms with E-state index in [1.165, 1.54) is 11.3 Å². The van der Waals surface area contributed by atoms with Crippen molar-refractivity contribution in [2.45, 2.75) is 19.4 Å². The number of anilines is 1. The van der Waals surface area contributed by atoms with E-state index in [4.69, 9.17) is 9.84 Å². The summed E-state index contributed by atoms with van der Waals surface area (Å²) in [7, 11) is 1.66. The van der Waals surface area contributed by atoms with Crippen molar-refractivity contribution in [3.63, 3.8) is 0 Å². The van der Waals surface area contributed by atoms with Crippen LogP contribution in [0.25, 0.3) is 11.1 Å². The highest BCUT2D eigenvalue weighted by atomic mass is 32.1. The Labute approximate surface area is 189 Å². The van der Waals surface area contributed by atoms with Crippen LogP contribution in [0.5, 0.6) is 5.75 Å². The minimum atomic E-state index is -0.838. The van der Waals surface area contributed by atoms with Gasteiger partial charge in [-0.1, -0.05) is 24.3 Å². The van der Waals surface area contributed by atoms with E-state index in [1.807, 2.05) is 40.1 Å². The number of hydrogen-bond donors (Lipinski definition) is 1. The molecule has 8 heteroatoms. The number of carbonyl (C=O) groups is 2. The molecular formula is C24H23N3O4S. The smallest absolute Gasteiger partial charge is 0.317 e. The van der Waals surface area contributed by atoms with Crippen molar-refractivity contribution in [3.05, 3.63) is 63.6 Å². The maximum absolute atomic E-state index is 13.4. The fourth-order valence-corrected chi connectivity index (χ4v) is 5.59. The van der Waals surface area contributed by atoms with Crippen LogP contribution in [0.3, 0.4) is 0 Å². The summed E-state index contributed by atoms with van der Waals surface area (Å²) in [6.45, 7) is 1.80. The van der Waals surface area contributed by atoms with Gasteiger partial charge in [-0.05, 0) is 41.3 Å². The summed E-state index contributed by atoms with van der Waals surface area (Å²) in [5, 5.41) is 9.53. The first-order valence-corrected chi connectivity index (χ1v) is 11.4. The van der Waals surface area contributed by atoms with Crippen molar-refractivity contribution in [3.8, 4) is 16.9 Å². The molecule has 3 heterocycles. The Balaban J connectivity index is 1.41. The Kier molecular flexibility index (Phi) is 5.40. The van der Waals surface area contributed by atoms with Crippen molar-refractivity contribution >= 4 is 28.9 Å². The molecule has 0 fully saturated rings. The Bertz CT molecular complexity index is 1210. The molecule has 1 amide bonds. The van der Waals surface area contributed by atoms with Crippen LogP contribution in [-0.4, -0.2) is 53.6 Å². The van der Waals surface area contributed by atoms with E-state index in [2.05, 4.69) is 17.1 Å². The Morgan fingerprint density at radius 1 is 1.16 bits per heavy atom. The number of aliphatic carboxylic acids is 1. The lowest BCUT2D eigenvalue weighted by Crippen LogP contribution is -2.34. The number of carboxylic acids is 1. The Morgan fingerprint density at radius 3 is 2.81 bits per heavy atom. The van der Waals surface area contributed by atoms with Crippen LogP contribution in [0.15, 0.2) is 42.5 Å². The van der Waals surface area contributed by atoms with Crippen molar-refractivity contribution in [1.82, 2.24) is 9.88 Å². The summed E-state index contributed by atoms with van der Waals surface area (Å²) in [4.78, 5) is 33.7. The minimum Gasteiger partial charge on any atom is -0.497 e. The third kappa shape index (κ3) is 3.76. The molecule has 2 aliphatic rings. The van der Waals surface area contributed by atoms with E-state index in [0.29, 0.717) is 31.1 Å². The highest BCUT2D eigenvalue weighted by Crippen LogP contribution is 2.38. The van der Waals surface area contributed by atoms with Crippen molar-refractivity contribution in [2.75, 3.05) is 31.6 Å². The number of benzene rings is 2. The summed E-state index contributed by atoms with van der Waals surface area (Å²) in [5.74, 6) is -0.123. The van der Waals surface area contributed by atoms with Crippen LogP contribution in [0.1, 0.15) is 25.9 Å². The monoisotopic (exact) mass is 449 g/mol. The number of aromatic nitrogens is 1. The molecule has 0 saturated heterocycles. The second-order valence-corrected chi connectivity index (χ2v) is 9.07. The van der Waals surface area contributed by atoms with Gasteiger partial charge in [0.1, 0.15) is 5.75 Å². The van der Waals surface area contributed by atoms with Crippen LogP contribution in [0.2, 0.25) is 0 Å². The molecule has 0 atom stereocenters. The van der Waals surface area contributed by atoms with Gasteiger partial charge in [0, 0.05) is 36.6 Å². The predicted octanol–water partition coefficient (Wildman–Crippen LogP) is 3.46. The van der Waals surface area contributed by atoms with Crippen LogP contribution < -0.4 is 9.64 Å². The van der Waals surface area contributed by atoms with Gasteiger partial charge in [-0.3, -0.25) is 14.5 Å². The summed E-state index contributed by atoms with van der Waals surface area (Å²) in [6, 6.07) is 14.0. The zero-order chi connectivity index (χ0) is 22.2. The third-order valence-electron chi connectivity index (χ3n) is 6.01. The zero-order valence-corrected chi connectivity index (χ0v) is 18.5. The lowest BCUT2D eigenvalue weighted by atomic mass is 9.98. The second-order valence-electron chi connectivity index (χ2n) is 7.99. The number of rotatable bonds is 5. The van der Waals surface area contributed by atoms with E-state index in [1.54, 1.807) is 7.11 Å². The number of ether oxygens (including phenoxy) is 1. The highest BCUT2D eigenvalue weighted by molar-refractivity contribution is 7.13. The topological polar surface area (TPSA) is 83.0 Å². The van der Waals surface area contributed by atoms with Crippen LogP contribution in [0, 0.1) is 0 Å². The highest BCUT2D eigenvalue weighted by Gasteiger charge is 2.31. The van der Waals surface area contributed by atoms with Gasteiger partial charge >= 0.3 is 5.97 Å². The molecule has 3 aromatic rings. The predicted molar refractivity (Wildman–Crippen MR) is 123 cm³/mol. The molecule has 32 heavy (non-hydrogen) atoms. The van der Waals surface area contributed by atoms with Gasteiger partial charge in [0.05, 0.1) is 19.3 Å². The average Bonchev–Trinajstić information content (AvgIpc) is 3.42.